The van der Waals surface area contributed by atoms with Crippen LogP contribution in [-0.2, 0) is 0 Å². The number of nitrogens with zero attached hydrogens (tertiary/aromatic N) is 2. The third-order valence-electron chi connectivity index (χ3n) is 2.72. The first-order chi connectivity index (χ1) is 8.34. The minimum absolute atomic E-state index is 1.09. The molecule has 0 spiro atoms. The van der Waals surface area contributed by atoms with Gasteiger partial charge >= 0.3 is 0 Å². The van der Waals surface area contributed by atoms with Crippen LogP contribution in [0.1, 0.15) is 0 Å². The van der Waals surface area contributed by atoms with Crippen LogP contribution in [0.3, 0.4) is 0 Å². The summed E-state index contributed by atoms with van der Waals surface area (Å²) in [6.45, 7) is 0. The first-order valence-electron chi connectivity index (χ1n) is 5.28. The average molecular weight is 285 g/mol. The molecule has 0 aliphatic rings. The maximum atomic E-state index is 4.16. The summed E-state index contributed by atoms with van der Waals surface area (Å²) < 4.78 is 1.09. The Balaban J connectivity index is 2.26. The van der Waals surface area contributed by atoms with Crippen molar-refractivity contribution in [2.45, 2.75) is 0 Å². The summed E-state index contributed by atoms with van der Waals surface area (Å²) in [5, 5.41) is 2.31. The van der Waals surface area contributed by atoms with Gasteiger partial charge in [-0.15, -0.1) is 0 Å². The van der Waals surface area contributed by atoms with E-state index in [-0.39, 0.29) is 0 Å². The number of rotatable bonds is 1. The summed E-state index contributed by atoms with van der Waals surface area (Å²) in [4.78, 5) is 8.19. The van der Waals surface area contributed by atoms with Gasteiger partial charge in [-0.2, -0.15) is 0 Å². The second-order valence-corrected chi connectivity index (χ2v) is 4.65. The molecule has 0 saturated carbocycles. The molecule has 0 fully saturated rings. The fraction of sp³-hybridized carbons (Fsp3) is 0. The number of fused-ring (bicyclic) bond motifs is 1. The SMILES string of the molecule is Brc1cc(-c2ccncc2)cc2cnccc12. The summed E-state index contributed by atoms with van der Waals surface area (Å²) in [5.41, 5.74) is 2.33. The van der Waals surface area contributed by atoms with Gasteiger partial charge in [0.1, 0.15) is 0 Å². The Labute approximate surface area is 107 Å². The highest BCUT2D eigenvalue weighted by molar-refractivity contribution is 9.10. The van der Waals surface area contributed by atoms with E-state index in [9.17, 15) is 0 Å². The molecule has 3 rings (SSSR count). The first-order valence-corrected chi connectivity index (χ1v) is 6.07. The predicted molar refractivity (Wildman–Crippen MR) is 72.7 cm³/mol. The van der Waals surface area contributed by atoms with Crippen molar-refractivity contribution in [2.75, 3.05) is 0 Å². The number of halogens is 1. The molecule has 82 valence electrons. The Morgan fingerprint density at radius 1 is 0.824 bits per heavy atom. The minimum atomic E-state index is 1.09. The van der Waals surface area contributed by atoms with E-state index >= 15 is 0 Å². The van der Waals surface area contributed by atoms with Crippen molar-refractivity contribution in [3.8, 4) is 11.1 Å². The molecule has 3 heteroatoms. The molecule has 0 aliphatic heterocycles. The third kappa shape index (κ3) is 1.94. The maximum Gasteiger partial charge on any atom is 0.0346 e. The standard InChI is InChI=1S/C14H9BrN2/c15-14-8-11(10-1-4-16-5-2-10)7-12-9-17-6-3-13(12)14/h1-9H. The van der Waals surface area contributed by atoms with Crippen molar-refractivity contribution < 1.29 is 0 Å². The molecular weight excluding hydrogens is 276 g/mol. The highest BCUT2D eigenvalue weighted by Gasteiger charge is 2.03. The van der Waals surface area contributed by atoms with Crippen LogP contribution in [0.2, 0.25) is 0 Å². The second kappa shape index (κ2) is 4.26. The van der Waals surface area contributed by atoms with E-state index in [2.05, 4.69) is 38.0 Å². The summed E-state index contributed by atoms with van der Waals surface area (Å²) >= 11 is 3.60. The van der Waals surface area contributed by atoms with Gasteiger partial charge < -0.3 is 0 Å². The highest BCUT2D eigenvalue weighted by atomic mass is 79.9. The van der Waals surface area contributed by atoms with Crippen molar-refractivity contribution in [2.24, 2.45) is 0 Å². The summed E-state index contributed by atoms with van der Waals surface area (Å²) in [6, 6.07) is 10.3. The quantitative estimate of drug-likeness (QED) is 0.673. The van der Waals surface area contributed by atoms with Gasteiger partial charge in [0, 0.05) is 34.6 Å². The predicted octanol–water partition coefficient (Wildman–Crippen LogP) is 4.06. The van der Waals surface area contributed by atoms with Crippen LogP contribution in [0.15, 0.2) is 59.6 Å². The third-order valence-corrected chi connectivity index (χ3v) is 3.37. The molecule has 0 atom stereocenters. The maximum absolute atomic E-state index is 4.16. The Bertz CT molecular complexity index is 665. The number of aromatic nitrogens is 2. The molecule has 0 radical (unpaired) electrons. The molecule has 0 amide bonds. The largest absolute Gasteiger partial charge is 0.265 e. The van der Waals surface area contributed by atoms with Crippen LogP contribution >= 0.6 is 15.9 Å². The van der Waals surface area contributed by atoms with Gasteiger partial charge in [-0.05, 0) is 46.8 Å². The Morgan fingerprint density at radius 2 is 1.59 bits per heavy atom. The van der Waals surface area contributed by atoms with Crippen molar-refractivity contribution in [3.05, 3.63) is 59.6 Å². The van der Waals surface area contributed by atoms with Crippen LogP contribution in [-0.4, -0.2) is 9.97 Å². The topological polar surface area (TPSA) is 25.8 Å². The molecular formula is C14H9BrN2. The van der Waals surface area contributed by atoms with E-state index in [1.165, 1.54) is 10.9 Å². The van der Waals surface area contributed by atoms with Crippen molar-refractivity contribution in [1.29, 1.82) is 0 Å². The summed E-state index contributed by atoms with van der Waals surface area (Å²) in [6.07, 6.45) is 7.29. The van der Waals surface area contributed by atoms with Crippen molar-refractivity contribution in [1.82, 2.24) is 9.97 Å². The van der Waals surface area contributed by atoms with Crippen LogP contribution in [0.5, 0.6) is 0 Å². The van der Waals surface area contributed by atoms with Crippen LogP contribution in [0.25, 0.3) is 21.9 Å². The molecule has 2 nitrogen and oxygen atoms in total. The molecule has 17 heavy (non-hydrogen) atoms. The number of benzene rings is 1. The number of hydrogen-bond acceptors (Lipinski definition) is 2. The Kier molecular flexibility index (Phi) is 2.61. The van der Waals surface area contributed by atoms with Gasteiger partial charge in [0.05, 0.1) is 0 Å². The van der Waals surface area contributed by atoms with Crippen LogP contribution in [0.4, 0.5) is 0 Å². The monoisotopic (exact) mass is 284 g/mol. The van der Waals surface area contributed by atoms with Crippen LogP contribution in [0, 0.1) is 0 Å². The zero-order valence-corrected chi connectivity index (χ0v) is 10.6. The van der Waals surface area contributed by atoms with Gasteiger partial charge in [0.15, 0.2) is 0 Å². The average Bonchev–Trinajstić information content (AvgIpc) is 2.40. The smallest absolute Gasteiger partial charge is 0.0346 e. The fourth-order valence-electron chi connectivity index (χ4n) is 1.87. The molecule has 0 saturated heterocycles. The van der Waals surface area contributed by atoms with Gasteiger partial charge in [0.2, 0.25) is 0 Å². The van der Waals surface area contributed by atoms with E-state index in [0.29, 0.717) is 0 Å². The minimum Gasteiger partial charge on any atom is -0.265 e. The van der Waals surface area contributed by atoms with E-state index in [4.69, 9.17) is 0 Å². The molecule has 0 unspecified atom stereocenters. The van der Waals surface area contributed by atoms with Gasteiger partial charge in [-0.25, -0.2) is 0 Å². The lowest BCUT2D eigenvalue weighted by atomic mass is 10.0. The van der Waals surface area contributed by atoms with Gasteiger partial charge in [0.25, 0.3) is 0 Å². The fourth-order valence-corrected chi connectivity index (χ4v) is 2.48. The zero-order chi connectivity index (χ0) is 11.7. The molecule has 2 aromatic heterocycles. The molecule has 0 N–H and O–H groups in total. The first kappa shape index (κ1) is 10.4. The lowest BCUT2D eigenvalue weighted by Crippen LogP contribution is -1.82. The lowest BCUT2D eigenvalue weighted by molar-refractivity contribution is 1.33. The molecule has 0 bridgehead atoms. The summed E-state index contributed by atoms with van der Waals surface area (Å²) in [7, 11) is 0. The second-order valence-electron chi connectivity index (χ2n) is 3.79. The summed E-state index contributed by atoms with van der Waals surface area (Å²) in [5.74, 6) is 0. The molecule has 0 aliphatic carbocycles. The number of pyridine rings is 2. The van der Waals surface area contributed by atoms with Crippen molar-refractivity contribution in [3.63, 3.8) is 0 Å². The number of hydrogen-bond donors (Lipinski definition) is 0. The Morgan fingerprint density at radius 3 is 2.41 bits per heavy atom. The van der Waals surface area contributed by atoms with E-state index in [1.54, 1.807) is 18.6 Å². The molecule has 2 heterocycles. The lowest BCUT2D eigenvalue weighted by Gasteiger charge is -2.05. The zero-order valence-electron chi connectivity index (χ0n) is 8.97. The molecule has 3 aromatic rings. The normalized spacial score (nSPS) is 10.6. The van der Waals surface area contributed by atoms with Gasteiger partial charge in [-0.3, -0.25) is 9.97 Å². The Hall–Kier alpha value is -1.74. The van der Waals surface area contributed by atoms with Gasteiger partial charge in [-0.1, -0.05) is 15.9 Å². The van der Waals surface area contributed by atoms with E-state index in [0.717, 1.165) is 15.4 Å². The van der Waals surface area contributed by atoms with Crippen LogP contribution < -0.4 is 0 Å². The van der Waals surface area contributed by atoms with E-state index in [1.807, 2.05) is 24.4 Å². The van der Waals surface area contributed by atoms with Crippen molar-refractivity contribution >= 4 is 26.7 Å². The van der Waals surface area contributed by atoms with E-state index < -0.39 is 0 Å². The highest BCUT2D eigenvalue weighted by Crippen LogP contribution is 2.30. The molecule has 1 aromatic carbocycles.